The predicted molar refractivity (Wildman–Crippen MR) is 181 cm³/mol. The summed E-state index contributed by atoms with van der Waals surface area (Å²) >= 11 is 0. The van der Waals surface area contributed by atoms with Crippen molar-refractivity contribution in [2.75, 3.05) is 26.1 Å². The number of aliphatic hydroxyl groups is 2. The van der Waals surface area contributed by atoms with Crippen LogP contribution >= 0.6 is 7.75 Å². The number of fused-ring (bicyclic) bond motifs is 1. The lowest BCUT2D eigenvalue weighted by atomic mass is 9.96. The number of esters is 1. The molecule has 6 N–H and O–H groups in total. The molecule has 1 saturated heterocycles. The van der Waals surface area contributed by atoms with Crippen LogP contribution in [0.2, 0.25) is 0 Å². The molecule has 0 bridgehead atoms. The summed E-state index contributed by atoms with van der Waals surface area (Å²) in [7, 11) is -3.00. The third kappa shape index (κ3) is 10.4. The average Bonchev–Trinajstić information content (AvgIpc) is 3.57. The molecule has 1 aliphatic heterocycles. The number of rotatable bonds is 18. The van der Waals surface area contributed by atoms with E-state index in [0.717, 1.165) is 0 Å². The van der Waals surface area contributed by atoms with E-state index >= 15 is 0 Å². The van der Waals surface area contributed by atoms with Crippen molar-refractivity contribution in [2.45, 2.75) is 96.6 Å². The number of hydrogen-bond acceptors (Lipinski definition) is 14. The number of nitrogen functional groups attached to an aromatic ring is 1. The molecule has 1 fully saturated rings. The normalized spacial score (nSPS) is 22.3. The van der Waals surface area contributed by atoms with Crippen LogP contribution in [0.3, 0.4) is 0 Å². The van der Waals surface area contributed by atoms with Gasteiger partial charge in [0.2, 0.25) is 17.7 Å². The lowest BCUT2D eigenvalue weighted by Crippen LogP contribution is -2.44. The van der Waals surface area contributed by atoms with Crippen molar-refractivity contribution >= 4 is 36.7 Å². The Balaban J connectivity index is 1.47. The van der Waals surface area contributed by atoms with E-state index < -0.39 is 56.5 Å². The van der Waals surface area contributed by atoms with Crippen LogP contribution in [0.4, 0.5) is 10.3 Å². The van der Waals surface area contributed by atoms with E-state index in [1.165, 1.54) is 37.1 Å². The second-order valence-electron chi connectivity index (χ2n) is 13.0. The molecule has 0 spiro atoms. The molecule has 2 aromatic heterocycles. The molecule has 19 heteroatoms. The number of ether oxygens (including phenoxy) is 3. The zero-order valence-corrected chi connectivity index (χ0v) is 30.3. The van der Waals surface area contributed by atoms with E-state index in [9.17, 15) is 28.8 Å². The first-order chi connectivity index (χ1) is 24.0. The predicted octanol–water partition coefficient (Wildman–Crippen LogP) is 2.76. The minimum atomic E-state index is -4.38. The SMILES string of the molecule is COc1nc(N)nc2c1ncn2C1OC(COP(=O)(NC(CC(C)C)C(=O)OC(C)C)OCCCC(=O)NCc2ccc(F)cc2)C(O)C1(C)O. The topological polar surface area (TPSA) is 231 Å². The van der Waals surface area contributed by atoms with Gasteiger partial charge in [-0.1, -0.05) is 26.0 Å². The largest absolute Gasteiger partial charge is 0.479 e. The Labute approximate surface area is 295 Å². The first-order valence-electron chi connectivity index (χ1n) is 16.5. The molecule has 0 radical (unpaired) electrons. The highest BCUT2D eigenvalue weighted by Gasteiger charge is 2.54. The van der Waals surface area contributed by atoms with Crippen molar-refractivity contribution in [3.8, 4) is 5.88 Å². The van der Waals surface area contributed by atoms with Crippen LogP contribution in [0, 0.1) is 11.7 Å². The number of amides is 1. The van der Waals surface area contributed by atoms with Gasteiger partial charge in [-0.25, -0.2) is 19.0 Å². The lowest BCUT2D eigenvalue weighted by molar-refractivity contribution is -0.150. The number of nitrogens with one attached hydrogen (secondary N) is 2. The molecule has 4 rings (SSSR count). The maximum Gasteiger partial charge on any atom is 0.406 e. The number of aliphatic hydroxyl groups excluding tert-OH is 1. The van der Waals surface area contributed by atoms with Crippen molar-refractivity contribution in [2.24, 2.45) is 5.92 Å². The average molecular weight is 740 g/mol. The Morgan fingerprint density at radius 3 is 2.53 bits per heavy atom. The summed E-state index contributed by atoms with van der Waals surface area (Å²) in [4.78, 5) is 37.9. The molecule has 3 heterocycles. The number of carbonyl (C=O) groups is 2. The number of benzene rings is 1. The maximum atomic E-state index is 14.2. The first kappa shape index (κ1) is 40.0. The third-order valence-corrected chi connectivity index (χ3v) is 9.53. The van der Waals surface area contributed by atoms with Crippen LogP contribution in [0.15, 0.2) is 30.6 Å². The molecule has 51 heavy (non-hydrogen) atoms. The molecule has 1 aliphatic rings. The van der Waals surface area contributed by atoms with E-state index in [-0.39, 0.29) is 73.0 Å². The second-order valence-corrected chi connectivity index (χ2v) is 14.8. The molecule has 1 amide bonds. The molecule has 3 aromatic rings. The summed E-state index contributed by atoms with van der Waals surface area (Å²) in [5.41, 5.74) is 5.01. The fourth-order valence-corrected chi connectivity index (χ4v) is 6.90. The van der Waals surface area contributed by atoms with Gasteiger partial charge < -0.3 is 35.5 Å². The molecule has 6 atom stereocenters. The Morgan fingerprint density at radius 1 is 1.18 bits per heavy atom. The van der Waals surface area contributed by atoms with Gasteiger partial charge in [0.1, 0.15) is 29.7 Å². The fourth-order valence-electron chi connectivity index (χ4n) is 5.37. The molecule has 0 aliphatic carbocycles. The number of halogens is 1. The summed E-state index contributed by atoms with van der Waals surface area (Å²) in [6.07, 6.45) is -2.89. The summed E-state index contributed by atoms with van der Waals surface area (Å²) in [6, 6.07) is 4.60. The zero-order valence-electron chi connectivity index (χ0n) is 29.4. The number of aromatic nitrogens is 4. The zero-order chi connectivity index (χ0) is 37.5. The van der Waals surface area contributed by atoms with Crippen LogP contribution in [0.5, 0.6) is 5.88 Å². The minimum Gasteiger partial charge on any atom is -0.479 e. The molecule has 0 saturated carbocycles. The minimum absolute atomic E-state index is 0.00127. The maximum absolute atomic E-state index is 14.2. The van der Waals surface area contributed by atoms with Crippen molar-refractivity contribution < 1.29 is 52.0 Å². The highest BCUT2D eigenvalue weighted by atomic mass is 31.2. The molecule has 17 nitrogen and oxygen atoms in total. The molecular formula is C32H47FN7O10P. The second kappa shape index (κ2) is 17.2. The van der Waals surface area contributed by atoms with Gasteiger partial charge >= 0.3 is 13.7 Å². The van der Waals surface area contributed by atoms with Crippen molar-refractivity contribution in [3.05, 3.63) is 42.0 Å². The summed E-state index contributed by atoms with van der Waals surface area (Å²) in [5, 5.41) is 28.0. The monoisotopic (exact) mass is 739 g/mol. The van der Waals surface area contributed by atoms with Crippen LogP contribution in [-0.2, 0) is 39.2 Å². The van der Waals surface area contributed by atoms with Crippen molar-refractivity contribution in [1.82, 2.24) is 29.9 Å². The summed E-state index contributed by atoms with van der Waals surface area (Å²) in [6.45, 7) is 7.84. The summed E-state index contributed by atoms with van der Waals surface area (Å²) in [5.74, 6) is -1.44. The Hall–Kier alpha value is -3.77. The van der Waals surface area contributed by atoms with Gasteiger partial charge in [0.15, 0.2) is 17.4 Å². The number of methoxy groups -OCH3 is 1. The van der Waals surface area contributed by atoms with Crippen LogP contribution in [-0.4, -0.2) is 91.9 Å². The van der Waals surface area contributed by atoms with Gasteiger partial charge in [0, 0.05) is 13.0 Å². The molecule has 282 valence electrons. The molecule has 6 unspecified atom stereocenters. The van der Waals surface area contributed by atoms with E-state index in [2.05, 4.69) is 25.4 Å². The quantitative estimate of drug-likeness (QED) is 0.0717. The van der Waals surface area contributed by atoms with Gasteiger partial charge in [-0.2, -0.15) is 9.97 Å². The van der Waals surface area contributed by atoms with E-state index in [1.54, 1.807) is 26.0 Å². The van der Waals surface area contributed by atoms with Gasteiger partial charge in [0.05, 0.1) is 32.8 Å². The van der Waals surface area contributed by atoms with Crippen molar-refractivity contribution in [1.29, 1.82) is 0 Å². The number of nitrogens with zero attached hydrogens (tertiary/aromatic N) is 4. The molecular weight excluding hydrogens is 692 g/mol. The Bertz CT molecular complexity index is 1690. The highest BCUT2D eigenvalue weighted by molar-refractivity contribution is 7.51. The number of imidazole rings is 1. The Morgan fingerprint density at radius 2 is 1.88 bits per heavy atom. The lowest BCUT2D eigenvalue weighted by Gasteiger charge is -2.28. The van der Waals surface area contributed by atoms with E-state index in [0.29, 0.717) is 5.56 Å². The standard InChI is InChI=1S/C32H47FN7O10P/c1-18(2)14-22(29(43)49-19(3)4)39-51(45,47-13-7-8-24(41)35-15-20-9-11-21(33)12-10-20)48-16-23-26(42)32(5,44)30(50-23)40-17-36-25-27(40)37-31(34)38-28(25)46-6/h9-12,17-19,22-23,26,30,42,44H,7-8,13-16H2,1-6H3,(H,35,41)(H,39,45)(H2,34,37,38). The number of anilines is 1. The fraction of sp³-hybridized carbons (Fsp3) is 0.594. The van der Waals surface area contributed by atoms with Gasteiger partial charge in [-0.15, -0.1) is 0 Å². The number of hydrogen-bond donors (Lipinski definition) is 5. The Kier molecular flexibility index (Phi) is 13.5. The van der Waals surface area contributed by atoms with Gasteiger partial charge in [-0.3, -0.25) is 23.2 Å². The summed E-state index contributed by atoms with van der Waals surface area (Å²) < 4.78 is 56.9. The van der Waals surface area contributed by atoms with E-state index in [1.807, 2.05) is 13.8 Å². The third-order valence-electron chi connectivity index (χ3n) is 7.89. The number of nitrogens with two attached hydrogens (primary N) is 1. The first-order valence-corrected chi connectivity index (χ1v) is 18.1. The van der Waals surface area contributed by atoms with Crippen LogP contribution < -0.4 is 20.9 Å². The number of carbonyl (C=O) groups excluding carboxylic acids is 2. The van der Waals surface area contributed by atoms with Crippen LogP contribution in [0.1, 0.15) is 65.7 Å². The van der Waals surface area contributed by atoms with Crippen molar-refractivity contribution in [3.63, 3.8) is 0 Å². The van der Waals surface area contributed by atoms with Gasteiger partial charge in [0.25, 0.3) is 0 Å². The smallest absolute Gasteiger partial charge is 0.406 e. The van der Waals surface area contributed by atoms with E-state index in [4.69, 9.17) is 29.0 Å². The highest BCUT2D eigenvalue weighted by Crippen LogP contribution is 2.47. The molecule has 1 aromatic carbocycles. The van der Waals surface area contributed by atoms with Gasteiger partial charge in [-0.05, 0) is 57.2 Å². The van der Waals surface area contributed by atoms with Crippen LogP contribution in [0.25, 0.3) is 11.2 Å².